The van der Waals surface area contributed by atoms with Crippen molar-refractivity contribution in [3.63, 3.8) is 0 Å². The van der Waals surface area contributed by atoms with Crippen molar-refractivity contribution < 1.29 is 9.53 Å². The van der Waals surface area contributed by atoms with Crippen LogP contribution >= 0.6 is 0 Å². The summed E-state index contributed by atoms with van der Waals surface area (Å²) in [5.74, 6) is -0.390. The smallest absolute Gasteiger partial charge is 0.337 e. The SMILES string of the molecule is CC.COC(=O)c1ccc(C(/C=C\CC#N)=C/CC#N)cc1. The summed E-state index contributed by atoms with van der Waals surface area (Å²) in [5.41, 5.74) is 2.19. The molecule has 0 aliphatic rings. The summed E-state index contributed by atoms with van der Waals surface area (Å²) in [6, 6.07) is 11.0. The third-order valence-corrected chi connectivity index (χ3v) is 2.56. The highest BCUT2D eigenvalue weighted by molar-refractivity contribution is 5.90. The molecule has 0 aromatic heterocycles. The van der Waals surface area contributed by atoms with Crippen LogP contribution < -0.4 is 0 Å². The van der Waals surface area contributed by atoms with E-state index in [1.807, 2.05) is 26.0 Å². The van der Waals surface area contributed by atoms with E-state index in [0.717, 1.165) is 11.1 Å². The number of benzene rings is 1. The number of nitriles is 2. The van der Waals surface area contributed by atoms with E-state index in [4.69, 9.17) is 10.5 Å². The monoisotopic (exact) mass is 296 g/mol. The van der Waals surface area contributed by atoms with Gasteiger partial charge in [-0.1, -0.05) is 44.2 Å². The molecule has 0 aliphatic heterocycles. The average Bonchev–Trinajstić information content (AvgIpc) is 2.59. The third kappa shape index (κ3) is 6.54. The summed E-state index contributed by atoms with van der Waals surface area (Å²) >= 11 is 0. The molecule has 1 rings (SSSR count). The average molecular weight is 296 g/mol. The Balaban J connectivity index is 0.00000211. The van der Waals surface area contributed by atoms with Gasteiger partial charge in [0.05, 0.1) is 37.7 Å². The molecule has 0 unspecified atom stereocenters. The second-order valence-electron chi connectivity index (χ2n) is 3.86. The van der Waals surface area contributed by atoms with E-state index in [9.17, 15) is 4.79 Å². The lowest BCUT2D eigenvalue weighted by Crippen LogP contribution is -2.00. The Hall–Kier alpha value is -2.85. The number of carbonyl (C=O) groups excluding carboxylic acids is 1. The van der Waals surface area contributed by atoms with Gasteiger partial charge in [0.25, 0.3) is 0 Å². The van der Waals surface area contributed by atoms with Crippen LogP contribution in [0.5, 0.6) is 0 Å². The molecule has 0 N–H and O–H groups in total. The molecule has 0 atom stereocenters. The molecule has 0 aliphatic carbocycles. The van der Waals surface area contributed by atoms with Crippen LogP contribution in [0.15, 0.2) is 42.5 Å². The molecule has 0 heterocycles. The maximum Gasteiger partial charge on any atom is 0.337 e. The van der Waals surface area contributed by atoms with Gasteiger partial charge in [0.2, 0.25) is 0 Å². The highest BCUT2D eigenvalue weighted by atomic mass is 16.5. The number of rotatable bonds is 5. The van der Waals surface area contributed by atoms with Crippen molar-refractivity contribution in [2.75, 3.05) is 7.11 Å². The first-order chi connectivity index (χ1) is 10.7. The van der Waals surface area contributed by atoms with Crippen molar-refractivity contribution in [2.24, 2.45) is 0 Å². The fourth-order valence-electron chi connectivity index (χ4n) is 1.59. The first-order valence-corrected chi connectivity index (χ1v) is 7.02. The van der Waals surface area contributed by atoms with E-state index in [1.54, 1.807) is 42.5 Å². The van der Waals surface area contributed by atoms with Crippen LogP contribution in [0, 0.1) is 22.7 Å². The van der Waals surface area contributed by atoms with E-state index < -0.39 is 0 Å². The van der Waals surface area contributed by atoms with E-state index >= 15 is 0 Å². The number of esters is 1. The molecular weight excluding hydrogens is 276 g/mol. The third-order valence-electron chi connectivity index (χ3n) is 2.56. The van der Waals surface area contributed by atoms with Crippen molar-refractivity contribution >= 4 is 11.5 Å². The molecule has 4 heteroatoms. The number of methoxy groups -OCH3 is 1. The lowest BCUT2D eigenvalue weighted by atomic mass is 10.0. The van der Waals surface area contributed by atoms with Gasteiger partial charge >= 0.3 is 5.97 Å². The zero-order valence-corrected chi connectivity index (χ0v) is 13.2. The van der Waals surface area contributed by atoms with Crippen molar-refractivity contribution in [3.8, 4) is 12.1 Å². The van der Waals surface area contributed by atoms with Gasteiger partial charge in [0.15, 0.2) is 0 Å². The minimum atomic E-state index is -0.390. The lowest BCUT2D eigenvalue weighted by molar-refractivity contribution is 0.0600. The van der Waals surface area contributed by atoms with Gasteiger partial charge in [-0.25, -0.2) is 4.79 Å². The molecule has 0 spiro atoms. The second-order valence-corrected chi connectivity index (χ2v) is 3.86. The Morgan fingerprint density at radius 1 is 1.09 bits per heavy atom. The predicted octanol–water partition coefficient (Wildman–Crippen LogP) is 4.27. The molecule has 22 heavy (non-hydrogen) atoms. The quantitative estimate of drug-likeness (QED) is 0.601. The molecule has 0 saturated heterocycles. The van der Waals surface area contributed by atoms with Crippen LogP contribution in [0.3, 0.4) is 0 Å². The topological polar surface area (TPSA) is 73.9 Å². The van der Waals surface area contributed by atoms with Gasteiger partial charge in [-0.3, -0.25) is 0 Å². The number of carbonyl (C=O) groups is 1. The Morgan fingerprint density at radius 2 is 1.64 bits per heavy atom. The van der Waals surface area contributed by atoms with E-state index in [-0.39, 0.29) is 12.4 Å². The van der Waals surface area contributed by atoms with Crippen LogP contribution in [0.1, 0.15) is 42.6 Å². The molecule has 0 radical (unpaired) electrons. The number of nitrogens with zero attached hydrogens (tertiary/aromatic N) is 2. The number of ether oxygens (including phenoxy) is 1. The van der Waals surface area contributed by atoms with Crippen LogP contribution in [0.2, 0.25) is 0 Å². The molecule has 0 fully saturated rings. The normalized spacial score (nSPS) is 10.1. The minimum Gasteiger partial charge on any atom is -0.465 e. The lowest BCUT2D eigenvalue weighted by Gasteiger charge is -2.04. The first-order valence-electron chi connectivity index (χ1n) is 7.02. The zero-order valence-electron chi connectivity index (χ0n) is 13.2. The summed E-state index contributed by atoms with van der Waals surface area (Å²) in [4.78, 5) is 11.3. The maximum absolute atomic E-state index is 11.3. The Kier molecular flexibility index (Phi) is 10.4. The van der Waals surface area contributed by atoms with E-state index in [2.05, 4.69) is 4.74 Å². The summed E-state index contributed by atoms with van der Waals surface area (Å²) < 4.78 is 4.63. The summed E-state index contributed by atoms with van der Waals surface area (Å²) in [6.07, 6.45) is 5.90. The van der Waals surface area contributed by atoms with Gasteiger partial charge in [0, 0.05) is 0 Å². The maximum atomic E-state index is 11.3. The molecular formula is C18H20N2O2. The van der Waals surface area contributed by atoms with Crippen molar-refractivity contribution in [1.29, 1.82) is 10.5 Å². The summed E-state index contributed by atoms with van der Waals surface area (Å²) in [5, 5.41) is 17.2. The minimum absolute atomic E-state index is 0.283. The van der Waals surface area contributed by atoms with Crippen LogP contribution in [-0.4, -0.2) is 13.1 Å². The number of hydrogen-bond donors (Lipinski definition) is 0. The van der Waals surface area contributed by atoms with Crippen LogP contribution in [-0.2, 0) is 4.74 Å². The largest absolute Gasteiger partial charge is 0.465 e. The van der Waals surface area contributed by atoms with Crippen molar-refractivity contribution in [2.45, 2.75) is 26.7 Å². The Bertz CT molecular complexity index is 599. The van der Waals surface area contributed by atoms with Gasteiger partial charge in [0.1, 0.15) is 0 Å². The highest BCUT2D eigenvalue weighted by Gasteiger charge is 2.05. The summed E-state index contributed by atoms with van der Waals surface area (Å²) in [7, 11) is 1.33. The van der Waals surface area contributed by atoms with Gasteiger partial charge < -0.3 is 4.74 Å². The molecule has 1 aromatic carbocycles. The first kappa shape index (κ1) is 19.1. The summed E-state index contributed by atoms with van der Waals surface area (Å²) in [6.45, 7) is 4.00. The van der Waals surface area contributed by atoms with Crippen molar-refractivity contribution in [1.82, 2.24) is 0 Å². The van der Waals surface area contributed by atoms with Crippen molar-refractivity contribution in [3.05, 3.63) is 53.6 Å². The Morgan fingerprint density at radius 3 is 2.14 bits per heavy atom. The molecule has 0 amide bonds. The molecule has 1 aromatic rings. The van der Waals surface area contributed by atoms with Crippen LogP contribution in [0.4, 0.5) is 0 Å². The second kappa shape index (κ2) is 11.9. The van der Waals surface area contributed by atoms with Gasteiger partial charge in [-0.2, -0.15) is 10.5 Å². The fourth-order valence-corrected chi connectivity index (χ4v) is 1.59. The number of allylic oxidation sites excluding steroid dienone is 4. The number of hydrogen-bond acceptors (Lipinski definition) is 4. The Labute approximate surface area is 131 Å². The molecule has 4 nitrogen and oxygen atoms in total. The molecule has 0 bridgehead atoms. The van der Waals surface area contributed by atoms with E-state index in [1.165, 1.54) is 7.11 Å². The zero-order chi connectivity index (χ0) is 16.8. The fraction of sp³-hybridized carbons (Fsp3) is 0.278. The molecule has 0 saturated carbocycles. The standard InChI is InChI=1S/C16H14N2O2.C2H6/c1-20-16(19)15-9-7-14(8-10-15)13(6-4-12-18)5-2-3-11-17;1-2/h2,5-10H,3-4H2,1H3;1-2H3/b5-2-,13-6+;. The molecule has 114 valence electrons. The van der Waals surface area contributed by atoms with Gasteiger partial charge in [-0.05, 0) is 23.3 Å². The predicted molar refractivity (Wildman–Crippen MR) is 86.7 cm³/mol. The van der Waals surface area contributed by atoms with E-state index in [0.29, 0.717) is 12.0 Å². The highest BCUT2D eigenvalue weighted by Crippen LogP contribution is 2.18. The van der Waals surface area contributed by atoms with Crippen LogP contribution in [0.25, 0.3) is 5.57 Å². The van der Waals surface area contributed by atoms with Gasteiger partial charge in [-0.15, -0.1) is 0 Å².